The molecule has 1 aliphatic heterocycles. The zero-order valence-corrected chi connectivity index (χ0v) is 21.2. The van der Waals surface area contributed by atoms with Crippen LogP contribution in [0.5, 0.6) is 11.6 Å². The van der Waals surface area contributed by atoms with Crippen LogP contribution >= 0.6 is 0 Å². The number of benzene rings is 1. The maximum Gasteiger partial charge on any atom is 0.491 e. The lowest BCUT2D eigenvalue weighted by atomic mass is 10.2. The van der Waals surface area contributed by atoms with Gasteiger partial charge in [0.1, 0.15) is 23.9 Å². The quantitative estimate of drug-likeness (QED) is 0.174. The Balaban J connectivity index is 1.66. The van der Waals surface area contributed by atoms with Crippen molar-refractivity contribution in [2.75, 3.05) is 18.0 Å². The van der Waals surface area contributed by atoms with E-state index in [4.69, 9.17) is 9.47 Å². The molecule has 0 aliphatic carbocycles. The van der Waals surface area contributed by atoms with Gasteiger partial charge in [-0.2, -0.15) is 13.2 Å². The van der Waals surface area contributed by atoms with Gasteiger partial charge in [-0.15, -0.1) is 0 Å². The van der Waals surface area contributed by atoms with E-state index >= 15 is 0 Å². The number of carbonyl (C=O) groups excluding carboxylic acids is 1. The standard InChI is InChI=1S/C26H21F6N5O3/c1-13-11-18(39-12-15-16(27)5-6-17(28)20(15)29)23-34-14(2)21(37(23)24(13)40-25(38)26(30,31)32)22-33-8-7-19(35-22)36-9-3-4-10-36/h5-8,11H,3-4,9-10,12H2,1-2H3. The lowest BCUT2D eigenvalue weighted by Gasteiger charge is -2.18. The van der Waals surface area contributed by atoms with Crippen molar-refractivity contribution in [1.29, 1.82) is 0 Å². The van der Waals surface area contributed by atoms with Gasteiger partial charge in [-0.1, -0.05) is 0 Å². The van der Waals surface area contributed by atoms with E-state index in [0.29, 0.717) is 11.9 Å². The molecule has 5 rings (SSSR count). The first kappa shape index (κ1) is 27.2. The SMILES string of the molecule is Cc1cc(OCc2c(F)ccc(F)c2F)c2nc(C)c(-c3nccc(N4CCCC4)n3)n2c1OC(=O)C(F)(F)F. The molecule has 0 spiro atoms. The molecular formula is C26H21F6N5O3. The Morgan fingerprint density at radius 2 is 1.73 bits per heavy atom. The number of imidazole rings is 1. The van der Waals surface area contributed by atoms with Crippen LogP contribution in [-0.4, -0.2) is 44.6 Å². The lowest BCUT2D eigenvalue weighted by molar-refractivity contribution is -0.190. The lowest BCUT2D eigenvalue weighted by Crippen LogP contribution is -2.29. The van der Waals surface area contributed by atoms with Gasteiger partial charge in [-0.05, 0) is 51.0 Å². The molecule has 4 aromatic rings. The van der Waals surface area contributed by atoms with Gasteiger partial charge in [0.2, 0.25) is 5.88 Å². The molecule has 0 unspecified atom stereocenters. The Bertz CT molecular complexity index is 1620. The van der Waals surface area contributed by atoms with Gasteiger partial charge in [-0.25, -0.2) is 32.9 Å². The predicted molar refractivity (Wildman–Crippen MR) is 129 cm³/mol. The number of hydrogen-bond donors (Lipinski definition) is 0. The molecule has 0 N–H and O–H groups in total. The molecule has 0 saturated carbocycles. The Morgan fingerprint density at radius 1 is 1.02 bits per heavy atom. The van der Waals surface area contributed by atoms with E-state index in [-0.39, 0.29) is 34.2 Å². The molecule has 8 nitrogen and oxygen atoms in total. The summed E-state index contributed by atoms with van der Waals surface area (Å²) in [5.41, 5.74) is -0.502. The number of aromatic nitrogens is 4. The molecule has 0 atom stereocenters. The van der Waals surface area contributed by atoms with Crippen molar-refractivity contribution >= 4 is 17.4 Å². The molecule has 14 heteroatoms. The Morgan fingerprint density at radius 3 is 2.42 bits per heavy atom. The van der Waals surface area contributed by atoms with E-state index in [0.717, 1.165) is 36.4 Å². The van der Waals surface area contributed by atoms with Crippen LogP contribution in [0.3, 0.4) is 0 Å². The molecule has 4 heterocycles. The first-order valence-electron chi connectivity index (χ1n) is 12.1. The van der Waals surface area contributed by atoms with Gasteiger partial charge in [0.15, 0.2) is 28.9 Å². The predicted octanol–water partition coefficient (Wildman–Crippen LogP) is 5.47. The minimum absolute atomic E-state index is 0.00497. The van der Waals surface area contributed by atoms with Crippen LogP contribution in [0.2, 0.25) is 0 Å². The summed E-state index contributed by atoms with van der Waals surface area (Å²) in [6, 6.07) is 4.25. The summed E-state index contributed by atoms with van der Waals surface area (Å²) in [7, 11) is 0. The highest BCUT2D eigenvalue weighted by Crippen LogP contribution is 2.37. The van der Waals surface area contributed by atoms with Crippen molar-refractivity contribution in [3.63, 3.8) is 0 Å². The van der Waals surface area contributed by atoms with Crippen molar-refractivity contribution in [1.82, 2.24) is 19.4 Å². The van der Waals surface area contributed by atoms with Crippen molar-refractivity contribution in [2.45, 2.75) is 39.5 Å². The summed E-state index contributed by atoms with van der Waals surface area (Å²) in [6.07, 6.45) is -1.88. The third-order valence-corrected chi connectivity index (χ3v) is 6.37. The number of hydrogen-bond acceptors (Lipinski definition) is 7. The number of rotatable bonds is 6. The van der Waals surface area contributed by atoms with Crippen molar-refractivity contribution < 1.29 is 40.6 Å². The molecular weight excluding hydrogens is 544 g/mol. The van der Waals surface area contributed by atoms with Crippen molar-refractivity contribution in [3.05, 3.63) is 64.7 Å². The third kappa shape index (κ3) is 5.00. The van der Waals surface area contributed by atoms with Crippen LogP contribution in [-0.2, 0) is 11.4 Å². The number of halogens is 6. The number of esters is 1. The van der Waals surface area contributed by atoms with Crippen molar-refractivity contribution in [2.24, 2.45) is 0 Å². The number of aryl methyl sites for hydroxylation is 2. The molecule has 1 aliphatic rings. The second-order valence-corrected chi connectivity index (χ2v) is 9.13. The first-order valence-corrected chi connectivity index (χ1v) is 12.1. The molecule has 0 radical (unpaired) electrons. The van der Waals surface area contributed by atoms with Crippen LogP contribution in [0.4, 0.5) is 32.2 Å². The summed E-state index contributed by atoms with van der Waals surface area (Å²) in [6.45, 7) is 3.64. The monoisotopic (exact) mass is 565 g/mol. The molecule has 210 valence electrons. The minimum Gasteiger partial charge on any atom is -0.485 e. The highest BCUT2D eigenvalue weighted by molar-refractivity contribution is 5.79. The molecule has 0 bridgehead atoms. The fraction of sp³-hybridized carbons (Fsp3) is 0.308. The zero-order valence-electron chi connectivity index (χ0n) is 21.2. The maximum absolute atomic E-state index is 14.2. The van der Waals surface area contributed by atoms with Gasteiger partial charge >= 0.3 is 12.1 Å². The van der Waals surface area contributed by atoms with E-state index in [1.165, 1.54) is 26.1 Å². The first-order chi connectivity index (χ1) is 19.0. The fourth-order valence-corrected chi connectivity index (χ4v) is 4.47. The number of alkyl halides is 3. The van der Waals surface area contributed by atoms with Crippen LogP contribution in [0, 0.1) is 31.3 Å². The average Bonchev–Trinajstić information content (AvgIpc) is 3.56. The number of pyridine rings is 1. The van der Waals surface area contributed by atoms with Crippen molar-refractivity contribution in [3.8, 4) is 23.1 Å². The Hall–Kier alpha value is -4.36. The second kappa shape index (κ2) is 10.3. The van der Waals surface area contributed by atoms with E-state index in [1.807, 2.05) is 4.90 Å². The maximum atomic E-state index is 14.2. The third-order valence-electron chi connectivity index (χ3n) is 6.37. The van der Waals surface area contributed by atoms with E-state index in [2.05, 4.69) is 15.0 Å². The number of fused-ring (bicyclic) bond motifs is 1. The van der Waals surface area contributed by atoms with Crippen LogP contribution in [0.1, 0.15) is 29.7 Å². The molecule has 40 heavy (non-hydrogen) atoms. The fourth-order valence-electron chi connectivity index (χ4n) is 4.47. The van der Waals surface area contributed by atoms with Gasteiger partial charge in [0.05, 0.1) is 11.3 Å². The highest BCUT2D eigenvalue weighted by atomic mass is 19.4. The normalized spacial score (nSPS) is 13.8. The molecule has 1 saturated heterocycles. The van der Waals surface area contributed by atoms with E-state index in [9.17, 15) is 31.1 Å². The molecule has 3 aromatic heterocycles. The van der Waals surface area contributed by atoms with E-state index < -0.39 is 47.6 Å². The van der Waals surface area contributed by atoms with Gasteiger partial charge in [-0.3, -0.25) is 4.40 Å². The second-order valence-electron chi connectivity index (χ2n) is 9.13. The van der Waals surface area contributed by atoms with Gasteiger partial charge < -0.3 is 14.4 Å². The number of carbonyl (C=O) groups is 1. The summed E-state index contributed by atoms with van der Waals surface area (Å²) >= 11 is 0. The zero-order chi connectivity index (χ0) is 28.8. The van der Waals surface area contributed by atoms with Gasteiger partial charge in [0.25, 0.3) is 0 Å². The summed E-state index contributed by atoms with van der Waals surface area (Å²) in [5, 5.41) is 0. The topological polar surface area (TPSA) is 81.9 Å². The Labute approximate surface area is 223 Å². The number of anilines is 1. The van der Waals surface area contributed by atoms with Gasteiger partial charge in [0, 0.05) is 24.8 Å². The summed E-state index contributed by atoms with van der Waals surface area (Å²) in [4.78, 5) is 27.1. The molecule has 1 aromatic carbocycles. The average molecular weight is 565 g/mol. The number of nitrogens with zero attached hydrogens (tertiary/aromatic N) is 5. The smallest absolute Gasteiger partial charge is 0.485 e. The molecule has 1 fully saturated rings. The largest absolute Gasteiger partial charge is 0.491 e. The molecule has 0 amide bonds. The minimum atomic E-state index is -5.30. The van der Waals surface area contributed by atoms with E-state index in [1.54, 1.807) is 6.07 Å². The highest BCUT2D eigenvalue weighted by Gasteiger charge is 2.42. The van der Waals surface area contributed by atoms with Crippen LogP contribution in [0.25, 0.3) is 17.2 Å². The van der Waals surface area contributed by atoms with Crippen LogP contribution < -0.4 is 14.4 Å². The Kier molecular flexibility index (Phi) is 7.02. The summed E-state index contributed by atoms with van der Waals surface area (Å²) in [5.74, 6) is -6.26. The number of ether oxygens (including phenoxy) is 2. The summed E-state index contributed by atoms with van der Waals surface area (Å²) < 4.78 is 93.1. The van der Waals surface area contributed by atoms with Crippen LogP contribution in [0.15, 0.2) is 30.5 Å².